The number of Topliss-reactive ketones (excluding diaryl/α,β-unsaturated/α-hetero) is 1. The fourth-order valence-corrected chi connectivity index (χ4v) is 4.14. The molecule has 156 valence electrons. The van der Waals surface area contributed by atoms with E-state index in [4.69, 9.17) is 21.3 Å². The fraction of sp³-hybridized carbons (Fsp3) is 0.348. The molecule has 30 heavy (non-hydrogen) atoms. The number of carbonyl (C=O) groups excluding carboxylic acids is 1. The Balaban J connectivity index is 1.89. The number of halogens is 1. The Labute approximate surface area is 181 Å². The van der Waals surface area contributed by atoms with Crippen LogP contribution < -0.4 is 15.1 Å². The van der Waals surface area contributed by atoms with Crippen LogP contribution in [-0.2, 0) is 4.79 Å². The molecule has 1 N–H and O–H groups in total. The van der Waals surface area contributed by atoms with Crippen molar-refractivity contribution in [1.29, 1.82) is 0 Å². The van der Waals surface area contributed by atoms with E-state index in [0.717, 1.165) is 40.5 Å². The van der Waals surface area contributed by atoms with E-state index in [1.165, 1.54) is 0 Å². The maximum atomic E-state index is 12.6. The lowest BCUT2D eigenvalue weighted by molar-refractivity contribution is -0.119. The normalized spacial score (nSPS) is 19.8. The highest BCUT2D eigenvalue weighted by Crippen LogP contribution is 2.35. The van der Waals surface area contributed by atoms with E-state index in [2.05, 4.69) is 15.4 Å². The molecule has 2 atom stereocenters. The Kier molecular flexibility index (Phi) is 5.77. The highest BCUT2D eigenvalue weighted by molar-refractivity contribution is 6.30. The lowest BCUT2D eigenvalue weighted by Crippen LogP contribution is -2.47. The number of anilines is 1. The van der Waals surface area contributed by atoms with Crippen molar-refractivity contribution < 1.29 is 9.53 Å². The molecule has 2 aliphatic heterocycles. The van der Waals surface area contributed by atoms with Gasteiger partial charge in [0.25, 0.3) is 0 Å². The monoisotopic (exact) mass is 424 g/mol. The second kappa shape index (κ2) is 8.48. The molecule has 1 unspecified atom stereocenters. The molecule has 4 rings (SSSR count). The fourth-order valence-electron chi connectivity index (χ4n) is 4.01. The maximum Gasteiger partial charge on any atom is 0.144 e. The van der Waals surface area contributed by atoms with Crippen LogP contribution in [-0.4, -0.2) is 36.6 Å². The van der Waals surface area contributed by atoms with E-state index >= 15 is 0 Å². The van der Waals surface area contributed by atoms with Crippen LogP contribution in [0.15, 0.2) is 52.6 Å². The maximum absolute atomic E-state index is 12.6. The summed E-state index contributed by atoms with van der Waals surface area (Å²) in [5.41, 5.74) is 6.87. The number of hydrazone groups is 1. The average molecular weight is 425 g/mol. The minimum atomic E-state index is -0.283. The molecule has 0 bridgehead atoms. The van der Waals surface area contributed by atoms with E-state index in [1.54, 1.807) is 7.11 Å². The van der Waals surface area contributed by atoms with Gasteiger partial charge in [0.15, 0.2) is 0 Å². The summed E-state index contributed by atoms with van der Waals surface area (Å²) < 4.78 is 5.49. The van der Waals surface area contributed by atoms with Gasteiger partial charge in [0.1, 0.15) is 23.5 Å². The van der Waals surface area contributed by atoms with Crippen molar-refractivity contribution >= 4 is 34.6 Å². The molecular weight excluding hydrogens is 400 g/mol. The van der Waals surface area contributed by atoms with E-state index in [9.17, 15) is 4.79 Å². The Hall–Kier alpha value is -2.86. The Bertz CT molecular complexity index is 1020. The molecule has 0 saturated heterocycles. The first-order valence-electron chi connectivity index (χ1n) is 10.1. The summed E-state index contributed by atoms with van der Waals surface area (Å²) in [6, 6.07) is 13.3. The number of nitrogens with one attached hydrogen (secondary N) is 1. The van der Waals surface area contributed by atoms with Gasteiger partial charge in [0, 0.05) is 29.0 Å². The standard InChI is InChI=1S/C23H25ClN4O2/c1-4-5-17(29)12-20-23-27-26-14(2)28(23)21-11-10-18(30-3)13-19(21)22(25-20)15-6-8-16(24)9-7-15/h6-11,13,20,23,27H,4-5,12H2,1-3H3/t20-,23?/m0/s1. The quantitative estimate of drug-likeness (QED) is 0.746. The molecule has 2 aliphatic rings. The summed E-state index contributed by atoms with van der Waals surface area (Å²) in [5, 5.41) is 5.11. The third-order valence-electron chi connectivity index (χ3n) is 5.45. The Morgan fingerprint density at radius 3 is 2.70 bits per heavy atom. The topological polar surface area (TPSA) is 66.3 Å². The molecule has 0 amide bonds. The van der Waals surface area contributed by atoms with Crippen molar-refractivity contribution in [3.8, 4) is 5.75 Å². The van der Waals surface area contributed by atoms with Crippen LogP contribution in [0.25, 0.3) is 0 Å². The summed E-state index contributed by atoms with van der Waals surface area (Å²) in [4.78, 5) is 19.8. The first-order chi connectivity index (χ1) is 14.5. The predicted molar refractivity (Wildman–Crippen MR) is 121 cm³/mol. The number of benzene rings is 2. The highest BCUT2D eigenvalue weighted by Gasteiger charge is 2.38. The summed E-state index contributed by atoms with van der Waals surface area (Å²) in [6.45, 7) is 3.97. The molecule has 7 heteroatoms. The number of aliphatic imine (C=N–C) groups is 1. The van der Waals surface area contributed by atoms with E-state index in [1.807, 2.05) is 56.3 Å². The van der Waals surface area contributed by atoms with Gasteiger partial charge in [-0.1, -0.05) is 30.7 Å². The molecular formula is C23H25ClN4O2. The average Bonchev–Trinajstić information content (AvgIpc) is 3.06. The van der Waals surface area contributed by atoms with Gasteiger partial charge in [-0.05, 0) is 43.7 Å². The minimum Gasteiger partial charge on any atom is -0.497 e. The molecule has 2 heterocycles. The van der Waals surface area contributed by atoms with Gasteiger partial charge < -0.3 is 9.64 Å². The van der Waals surface area contributed by atoms with Gasteiger partial charge >= 0.3 is 0 Å². The van der Waals surface area contributed by atoms with Crippen LogP contribution in [0.4, 0.5) is 5.69 Å². The number of hydrogen-bond acceptors (Lipinski definition) is 6. The molecule has 0 spiro atoms. The van der Waals surface area contributed by atoms with Gasteiger partial charge in [-0.3, -0.25) is 15.2 Å². The number of nitrogens with zero attached hydrogens (tertiary/aromatic N) is 3. The summed E-state index contributed by atoms with van der Waals surface area (Å²) in [6.07, 6.45) is 1.51. The van der Waals surface area contributed by atoms with Crippen LogP contribution in [0.3, 0.4) is 0 Å². The number of hydrogen-bond donors (Lipinski definition) is 1. The third-order valence-corrected chi connectivity index (χ3v) is 5.70. The minimum absolute atomic E-state index is 0.205. The van der Waals surface area contributed by atoms with E-state index in [-0.39, 0.29) is 18.0 Å². The number of rotatable bonds is 6. The molecule has 0 aliphatic carbocycles. The van der Waals surface area contributed by atoms with Crippen LogP contribution in [0, 0.1) is 0 Å². The second-order valence-corrected chi connectivity index (χ2v) is 7.97. The van der Waals surface area contributed by atoms with Crippen LogP contribution in [0.2, 0.25) is 5.02 Å². The molecule has 0 aromatic heterocycles. The molecule has 2 aromatic rings. The number of ketones is 1. The summed E-state index contributed by atoms with van der Waals surface area (Å²) in [5.74, 6) is 1.79. The first kappa shape index (κ1) is 20.4. The van der Waals surface area contributed by atoms with Gasteiger partial charge in [-0.25, -0.2) is 0 Å². The largest absolute Gasteiger partial charge is 0.497 e. The van der Waals surface area contributed by atoms with Crippen LogP contribution in [0.1, 0.15) is 44.2 Å². The second-order valence-electron chi connectivity index (χ2n) is 7.53. The van der Waals surface area contributed by atoms with Crippen molar-refractivity contribution in [3.05, 3.63) is 58.6 Å². The van der Waals surface area contributed by atoms with Gasteiger partial charge in [-0.2, -0.15) is 5.10 Å². The van der Waals surface area contributed by atoms with Crippen molar-refractivity contribution in [2.24, 2.45) is 10.1 Å². The number of carbonyl (C=O) groups is 1. The highest BCUT2D eigenvalue weighted by atomic mass is 35.5. The zero-order valence-electron chi connectivity index (χ0n) is 17.4. The lowest BCUT2D eigenvalue weighted by atomic mass is 9.99. The summed E-state index contributed by atoms with van der Waals surface area (Å²) in [7, 11) is 1.65. The lowest BCUT2D eigenvalue weighted by Gasteiger charge is -2.29. The van der Waals surface area contributed by atoms with Gasteiger partial charge in [0.05, 0.1) is 24.6 Å². The van der Waals surface area contributed by atoms with E-state index in [0.29, 0.717) is 17.9 Å². The van der Waals surface area contributed by atoms with Gasteiger partial charge in [0.2, 0.25) is 0 Å². The number of methoxy groups -OCH3 is 1. The zero-order valence-corrected chi connectivity index (χ0v) is 18.1. The summed E-state index contributed by atoms with van der Waals surface area (Å²) >= 11 is 6.12. The third kappa shape index (κ3) is 3.79. The zero-order chi connectivity index (χ0) is 21.3. The Morgan fingerprint density at radius 1 is 1.23 bits per heavy atom. The predicted octanol–water partition coefficient (Wildman–Crippen LogP) is 4.40. The number of amidine groups is 1. The number of fused-ring (bicyclic) bond motifs is 3. The SMILES string of the molecule is CCCC(=O)C[C@@H]1N=C(c2ccc(Cl)cc2)c2cc(OC)ccc2N2C(C)=NNC12. The van der Waals surface area contributed by atoms with Crippen molar-refractivity contribution in [1.82, 2.24) is 5.43 Å². The van der Waals surface area contributed by atoms with Crippen LogP contribution >= 0.6 is 11.6 Å². The van der Waals surface area contributed by atoms with Crippen LogP contribution in [0.5, 0.6) is 5.75 Å². The molecule has 0 radical (unpaired) electrons. The molecule has 6 nitrogen and oxygen atoms in total. The Morgan fingerprint density at radius 2 is 2.00 bits per heavy atom. The van der Waals surface area contributed by atoms with Crippen molar-refractivity contribution in [2.75, 3.05) is 12.0 Å². The van der Waals surface area contributed by atoms with Crippen molar-refractivity contribution in [3.63, 3.8) is 0 Å². The molecule has 0 fully saturated rings. The smallest absolute Gasteiger partial charge is 0.144 e. The first-order valence-corrected chi connectivity index (χ1v) is 10.5. The van der Waals surface area contributed by atoms with E-state index < -0.39 is 0 Å². The van der Waals surface area contributed by atoms with Crippen molar-refractivity contribution in [2.45, 2.75) is 45.3 Å². The number of ether oxygens (including phenoxy) is 1. The molecule has 2 aromatic carbocycles. The molecule has 0 saturated carbocycles. The van der Waals surface area contributed by atoms with Gasteiger partial charge in [-0.15, -0.1) is 0 Å².